The first-order chi connectivity index (χ1) is 7.86. The highest BCUT2D eigenvalue weighted by atomic mass is 15.1. The molecular weight excluding hydrogens is 196 g/mol. The summed E-state index contributed by atoms with van der Waals surface area (Å²) in [5.41, 5.74) is 9.94. The molecule has 1 aliphatic carbocycles. The van der Waals surface area contributed by atoms with Gasteiger partial charge in [-0.25, -0.2) is 0 Å². The van der Waals surface area contributed by atoms with Crippen molar-refractivity contribution in [3.05, 3.63) is 29.3 Å². The summed E-state index contributed by atoms with van der Waals surface area (Å²) in [4.78, 5) is 2.57. The average molecular weight is 216 g/mol. The second-order valence-corrected chi connectivity index (χ2v) is 5.16. The van der Waals surface area contributed by atoms with Crippen LogP contribution < -0.4 is 10.6 Å². The van der Waals surface area contributed by atoms with Gasteiger partial charge in [0.25, 0.3) is 0 Å². The Hall–Kier alpha value is -1.02. The largest absolute Gasteiger partial charge is 0.371 e. The molecule has 0 atom stereocenters. The van der Waals surface area contributed by atoms with E-state index in [1.807, 2.05) is 0 Å². The van der Waals surface area contributed by atoms with Crippen LogP contribution in [-0.4, -0.2) is 13.1 Å². The van der Waals surface area contributed by atoms with Gasteiger partial charge in [-0.3, -0.25) is 0 Å². The van der Waals surface area contributed by atoms with E-state index in [-0.39, 0.29) is 0 Å². The number of anilines is 1. The lowest BCUT2D eigenvalue weighted by Gasteiger charge is -2.31. The zero-order valence-corrected chi connectivity index (χ0v) is 9.78. The van der Waals surface area contributed by atoms with Gasteiger partial charge in [0.05, 0.1) is 0 Å². The smallest absolute Gasteiger partial charge is 0.0402 e. The minimum atomic E-state index is 0.657. The number of rotatable bonds is 3. The molecule has 1 aromatic rings. The Kier molecular flexibility index (Phi) is 2.60. The standard InChI is InChI=1S/C14H20N2/c15-9-12-4-5-13-6-7-16(14(13)8-12)10-11-2-1-3-11/h4-5,8,11H,1-3,6-7,9-10,15H2. The fourth-order valence-corrected chi connectivity index (χ4v) is 2.79. The molecule has 1 saturated carbocycles. The molecule has 2 heteroatoms. The van der Waals surface area contributed by atoms with E-state index in [4.69, 9.17) is 5.73 Å². The van der Waals surface area contributed by atoms with Crippen molar-refractivity contribution in [3.63, 3.8) is 0 Å². The lowest BCUT2D eigenvalue weighted by atomic mass is 9.85. The van der Waals surface area contributed by atoms with E-state index in [1.54, 1.807) is 0 Å². The van der Waals surface area contributed by atoms with Crippen molar-refractivity contribution in [2.24, 2.45) is 11.7 Å². The molecule has 1 fully saturated rings. The Morgan fingerprint density at radius 3 is 2.88 bits per heavy atom. The number of fused-ring (bicyclic) bond motifs is 1. The summed E-state index contributed by atoms with van der Waals surface area (Å²) in [7, 11) is 0. The number of nitrogens with zero attached hydrogens (tertiary/aromatic N) is 1. The molecule has 0 saturated heterocycles. The highest BCUT2D eigenvalue weighted by Crippen LogP contribution is 2.33. The molecule has 3 rings (SSSR count). The van der Waals surface area contributed by atoms with Gasteiger partial charge in [0.1, 0.15) is 0 Å². The Morgan fingerprint density at radius 1 is 1.31 bits per heavy atom. The Balaban J connectivity index is 1.79. The van der Waals surface area contributed by atoms with Crippen molar-refractivity contribution < 1.29 is 0 Å². The summed E-state index contributed by atoms with van der Waals surface area (Å²) in [6.07, 6.45) is 5.52. The van der Waals surface area contributed by atoms with Crippen LogP contribution in [0.1, 0.15) is 30.4 Å². The van der Waals surface area contributed by atoms with E-state index in [0.29, 0.717) is 6.54 Å². The molecule has 0 bridgehead atoms. The predicted molar refractivity (Wildman–Crippen MR) is 67.6 cm³/mol. The van der Waals surface area contributed by atoms with Crippen LogP contribution in [0.25, 0.3) is 0 Å². The fourth-order valence-electron chi connectivity index (χ4n) is 2.79. The molecule has 2 N–H and O–H groups in total. The summed E-state index contributed by atoms with van der Waals surface area (Å²) in [6, 6.07) is 6.73. The summed E-state index contributed by atoms with van der Waals surface area (Å²) >= 11 is 0. The summed E-state index contributed by atoms with van der Waals surface area (Å²) in [5, 5.41) is 0. The molecular formula is C14H20N2. The number of hydrogen-bond donors (Lipinski definition) is 1. The SMILES string of the molecule is NCc1ccc2c(c1)N(CC1CCC1)CC2. The lowest BCUT2D eigenvalue weighted by molar-refractivity contribution is 0.319. The maximum Gasteiger partial charge on any atom is 0.0402 e. The van der Waals surface area contributed by atoms with E-state index in [2.05, 4.69) is 23.1 Å². The zero-order valence-electron chi connectivity index (χ0n) is 9.78. The van der Waals surface area contributed by atoms with Crippen molar-refractivity contribution in [3.8, 4) is 0 Å². The Morgan fingerprint density at radius 2 is 2.19 bits per heavy atom. The fraction of sp³-hybridized carbons (Fsp3) is 0.571. The van der Waals surface area contributed by atoms with Crippen LogP contribution in [-0.2, 0) is 13.0 Å². The lowest BCUT2D eigenvalue weighted by Crippen LogP contribution is -2.31. The first kappa shape index (κ1) is 10.2. The Bertz CT molecular complexity index is 382. The van der Waals surface area contributed by atoms with E-state index >= 15 is 0 Å². The van der Waals surface area contributed by atoms with Crippen LogP contribution in [0.2, 0.25) is 0 Å². The monoisotopic (exact) mass is 216 g/mol. The van der Waals surface area contributed by atoms with Crippen molar-refractivity contribution in [1.29, 1.82) is 0 Å². The molecule has 86 valence electrons. The van der Waals surface area contributed by atoms with Crippen molar-refractivity contribution in [2.45, 2.75) is 32.2 Å². The maximum absolute atomic E-state index is 5.71. The molecule has 16 heavy (non-hydrogen) atoms. The molecule has 2 nitrogen and oxygen atoms in total. The molecule has 1 heterocycles. The molecule has 0 radical (unpaired) electrons. The van der Waals surface area contributed by atoms with E-state index < -0.39 is 0 Å². The van der Waals surface area contributed by atoms with Crippen molar-refractivity contribution in [1.82, 2.24) is 0 Å². The topological polar surface area (TPSA) is 29.3 Å². The second-order valence-electron chi connectivity index (χ2n) is 5.16. The highest BCUT2D eigenvalue weighted by Gasteiger charge is 2.25. The second kappa shape index (κ2) is 4.10. The van der Waals surface area contributed by atoms with Crippen molar-refractivity contribution in [2.75, 3.05) is 18.0 Å². The van der Waals surface area contributed by atoms with Crippen molar-refractivity contribution >= 4 is 5.69 Å². The molecule has 2 aliphatic rings. The van der Waals surface area contributed by atoms with Crippen LogP contribution in [0, 0.1) is 5.92 Å². The van der Waals surface area contributed by atoms with E-state index in [0.717, 1.165) is 5.92 Å². The van der Waals surface area contributed by atoms with Gasteiger partial charge < -0.3 is 10.6 Å². The molecule has 0 spiro atoms. The Labute approximate surface area is 97.4 Å². The van der Waals surface area contributed by atoms with Crippen LogP contribution in [0.3, 0.4) is 0 Å². The first-order valence-corrected chi connectivity index (χ1v) is 6.43. The zero-order chi connectivity index (χ0) is 11.0. The van der Waals surface area contributed by atoms with Gasteiger partial charge in [-0.2, -0.15) is 0 Å². The van der Waals surface area contributed by atoms with Gasteiger partial charge in [-0.1, -0.05) is 18.6 Å². The average Bonchev–Trinajstić information content (AvgIpc) is 2.65. The number of benzene rings is 1. The quantitative estimate of drug-likeness (QED) is 0.840. The molecule has 1 aromatic carbocycles. The molecule has 0 unspecified atom stereocenters. The van der Waals surface area contributed by atoms with E-state index in [1.165, 1.54) is 55.6 Å². The minimum absolute atomic E-state index is 0.657. The van der Waals surface area contributed by atoms with Gasteiger partial charge in [0.15, 0.2) is 0 Å². The van der Waals surface area contributed by atoms with Gasteiger partial charge >= 0.3 is 0 Å². The van der Waals surface area contributed by atoms with Gasteiger partial charge in [-0.15, -0.1) is 0 Å². The van der Waals surface area contributed by atoms with Crippen LogP contribution in [0.4, 0.5) is 5.69 Å². The normalized spacial score (nSPS) is 19.7. The first-order valence-electron chi connectivity index (χ1n) is 6.43. The van der Waals surface area contributed by atoms with Crippen LogP contribution >= 0.6 is 0 Å². The van der Waals surface area contributed by atoms with Gasteiger partial charge in [0, 0.05) is 25.3 Å². The van der Waals surface area contributed by atoms with Gasteiger partial charge in [-0.05, 0) is 42.4 Å². The predicted octanol–water partition coefficient (Wildman–Crippen LogP) is 2.31. The number of nitrogens with two attached hydrogens (primary N) is 1. The van der Waals surface area contributed by atoms with Crippen LogP contribution in [0.15, 0.2) is 18.2 Å². The third-order valence-electron chi connectivity index (χ3n) is 4.08. The van der Waals surface area contributed by atoms with E-state index in [9.17, 15) is 0 Å². The third kappa shape index (κ3) is 1.71. The summed E-state index contributed by atoms with van der Waals surface area (Å²) < 4.78 is 0. The third-order valence-corrected chi connectivity index (χ3v) is 4.08. The summed E-state index contributed by atoms with van der Waals surface area (Å²) in [6.45, 7) is 3.13. The van der Waals surface area contributed by atoms with Gasteiger partial charge in [0.2, 0.25) is 0 Å². The van der Waals surface area contributed by atoms with Crippen LogP contribution in [0.5, 0.6) is 0 Å². The minimum Gasteiger partial charge on any atom is -0.371 e. The molecule has 0 aromatic heterocycles. The maximum atomic E-state index is 5.71. The molecule has 1 aliphatic heterocycles. The summed E-state index contributed by atoms with van der Waals surface area (Å²) in [5.74, 6) is 0.951. The number of hydrogen-bond acceptors (Lipinski definition) is 2. The molecule has 0 amide bonds. The highest BCUT2D eigenvalue weighted by molar-refractivity contribution is 5.59.